The Morgan fingerprint density at radius 1 is 1.14 bits per heavy atom. The molecule has 1 amide bonds. The van der Waals surface area contributed by atoms with E-state index in [-0.39, 0.29) is 5.91 Å². The first-order chi connectivity index (χ1) is 10.7. The third kappa shape index (κ3) is 4.12. The van der Waals surface area contributed by atoms with Crippen LogP contribution in [0.1, 0.15) is 11.1 Å². The number of anilines is 1. The molecular formula is C18H20N2OS. The Bertz CT molecular complexity index is 633. The topological polar surface area (TPSA) is 41.1 Å². The van der Waals surface area contributed by atoms with Gasteiger partial charge in [0, 0.05) is 28.9 Å². The molecule has 4 heteroatoms. The van der Waals surface area contributed by atoms with Gasteiger partial charge >= 0.3 is 0 Å². The third-order valence-electron chi connectivity index (χ3n) is 3.67. The Morgan fingerprint density at radius 3 is 2.41 bits per heavy atom. The lowest BCUT2D eigenvalue weighted by Crippen LogP contribution is -2.44. The highest BCUT2D eigenvalue weighted by Gasteiger charge is 2.17. The summed E-state index contributed by atoms with van der Waals surface area (Å²) < 4.78 is 0. The maximum Gasteiger partial charge on any atom is 0.228 e. The van der Waals surface area contributed by atoms with E-state index in [1.54, 1.807) is 0 Å². The molecule has 0 aliphatic carbocycles. The summed E-state index contributed by atoms with van der Waals surface area (Å²) in [6.07, 6.45) is 0.407. The van der Waals surface area contributed by atoms with Gasteiger partial charge in [-0.3, -0.25) is 4.79 Å². The minimum Gasteiger partial charge on any atom is -0.326 e. The van der Waals surface area contributed by atoms with Crippen LogP contribution in [0.5, 0.6) is 0 Å². The fourth-order valence-electron chi connectivity index (χ4n) is 2.25. The van der Waals surface area contributed by atoms with Crippen molar-refractivity contribution in [2.45, 2.75) is 23.5 Å². The van der Waals surface area contributed by atoms with Crippen LogP contribution in [0.3, 0.4) is 0 Å². The third-order valence-corrected chi connectivity index (χ3v) is 4.88. The molecule has 0 saturated carbocycles. The van der Waals surface area contributed by atoms with Crippen molar-refractivity contribution >= 4 is 23.4 Å². The van der Waals surface area contributed by atoms with E-state index < -0.39 is 0 Å². The van der Waals surface area contributed by atoms with Crippen molar-refractivity contribution in [1.82, 2.24) is 5.32 Å². The Morgan fingerprint density at radius 2 is 1.82 bits per heavy atom. The van der Waals surface area contributed by atoms with E-state index in [1.807, 2.05) is 55.1 Å². The zero-order chi connectivity index (χ0) is 15.4. The monoisotopic (exact) mass is 312 g/mol. The maximum atomic E-state index is 12.1. The fraction of sp³-hybridized carbons (Fsp3) is 0.278. The molecule has 2 N–H and O–H groups in total. The predicted octanol–water partition coefficient (Wildman–Crippen LogP) is 3.24. The zero-order valence-electron chi connectivity index (χ0n) is 12.6. The molecule has 0 radical (unpaired) electrons. The molecule has 0 atom stereocenters. The highest BCUT2D eigenvalue weighted by molar-refractivity contribution is 8.00. The number of rotatable bonds is 5. The van der Waals surface area contributed by atoms with Crippen LogP contribution < -0.4 is 10.6 Å². The summed E-state index contributed by atoms with van der Waals surface area (Å²) in [6.45, 7) is 4.21. The van der Waals surface area contributed by atoms with Crippen molar-refractivity contribution in [1.29, 1.82) is 0 Å². The number of benzene rings is 2. The smallest absolute Gasteiger partial charge is 0.228 e. The molecule has 2 aromatic rings. The molecule has 3 rings (SSSR count). The van der Waals surface area contributed by atoms with E-state index in [0.29, 0.717) is 11.7 Å². The number of hydrogen-bond donors (Lipinski definition) is 2. The maximum absolute atomic E-state index is 12.1. The second-order valence-electron chi connectivity index (χ2n) is 5.63. The molecule has 2 aromatic carbocycles. The van der Waals surface area contributed by atoms with Crippen molar-refractivity contribution in [3.8, 4) is 0 Å². The first-order valence-corrected chi connectivity index (χ1v) is 8.40. The van der Waals surface area contributed by atoms with E-state index in [1.165, 1.54) is 10.5 Å². The summed E-state index contributed by atoms with van der Waals surface area (Å²) in [5.41, 5.74) is 3.08. The Balaban J connectivity index is 1.53. The van der Waals surface area contributed by atoms with Gasteiger partial charge in [0.2, 0.25) is 5.91 Å². The Hall–Kier alpha value is -1.78. The first kappa shape index (κ1) is 15.1. The number of carbonyl (C=O) groups is 1. The lowest BCUT2D eigenvalue weighted by atomic mass is 10.1. The van der Waals surface area contributed by atoms with Crippen LogP contribution >= 0.6 is 11.8 Å². The number of aryl methyl sites for hydroxylation is 1. The van der Waals surface area contributed by atoms with Crippen LogP contribution in [0.4, 0.5) is 5.69 Å². The first-order valence-electron chi connectivity index (χ1n) is 7.52. The average Bonchev–Trinajstić information content (AvgIpc) is 2.47. The molecule has 3 nitrogen and oxygen atoms in total. The minimum absolute atomic E-state index is 0.0208. The number of carbonyl (C=O) groups excluding carboxylic acids is 1. The van der Waals surface area contributed by atoms with Crippen LogP contribution in [-0.4, -0.2) is 24.2 Å². The second kappa shape index (κ2) is 6.99. The van der Waals surface area contributed by atoms with Gasteiger partial charge in [0.25, 0.3) is 0 Å². The molecule has 1 heterocycles. The van der Waals surface area contributed by atoms with Crippen molar-refractivity contribution in [2.75, 3.05) is 18.4 Å². The molecule has 0 spiro atoms. The molecular weight excluding hydrogens is 292 g/mol. The Kier molecular flexibility index (Phi) is 4.80. The normalized spacial score (nSPS) is 14.4. The van der Waals surface area contributed by atoms with Crippen LogP contribution in [0.2, 0.25) is 0 Å². The molecule has 1 fully saturated rings. The van der Waals surface area contributed by atoms with Gasteiger partial charge in [-0.25, -0.2) is 0 Å². The van der Waals surface area contributed by atoms with E-state index in [0.717, 1.165) is 24.3 Å². The number of thioether (sulfide) groups is 1. The SMILES string of the molecule is Cc1ccc(NC(=O)Cc2ccc(SC3CNC3)cc2)cc1. The van der Waals surface area contributed by atoms with E-state index in [2.05, 4.69) is 22.8 Å². The van der Waals surface area contributed by atoms with Gasteiger partial charge in [-0.2, -0.15) is 0 Å². The minimum atomic E-state index is 0.0208. The number of hydrogen-bond acceptors (Lipinski definition) is 3. The van der Waals surface area contributed by atoms with Crippen molar-refractivity contribution in [3.05, 3.63) is 59.7 Å². The van der Waals surface area contributed by atoms with Crippen LogP contribution in [-0.2, 0) is 11.2 Å². The number of nitrogens with one attached hydrogen (secondary N) is 2. The van der Waals surface area contributed by atoms with E-state index >= 15 is 0 Å². The highest BCUT2D eigenvalue weighted by Crippen LogP contribution is 2.25. The number of amides is 1. The Labute approximate surface area is 135 Å². The molecule has 0 unspecified atom stereocenters. The lowest BCUT2D eigenvalue weighted by Gasteiger charge is -2.26. The average molecular weight is 312 g/mol. The van der Waals surface area contributed by atoms with Crippen molar-refractivity contribution < 1.29 is 4.79 Å². The molecule has 1 aliphatic rings. The summed E-state index contributed by atoms with van der Waals surface area (Å²) in [6, 6.07) is 16.2. The van der Waals surface area contributed by atoms with Crippen LogP contribution in [0.15, 0.2) is 53.4 Å². The molecule has 1 aliphatic heterocycles. The highest BCUT2D eigenvalue weighted by atomic mass is 32.2. The molecule has 0 aromatic heterocycles. The van der Waals surface area contributed by atoms with Gasteiger partial charge in [-0.15, -0.1) is 11.8 Å². The van der Waals surface area contributed by atoms with Crippen LogP contribution in [0.25, 0.3) is 0 Å². The molecule has 0 bridgehead atoms. The molecule has 1 saturated heterocycles. The predicted molar refractivity (Wildman–Crippen MR) is 92.5 cm³/mol. The summed E-state index contributed by atoms with van der Waals surface area (Å²) >= 11 is 1.90. The summed E-state index contributed by atoms with van der Waals surface area (Å²) in [7, 11) is 0. The largest absolute Gasteiger partial charge is 0.326 e. The quantitative estimate of drug-likeness (QED) is 0.890. The van der Waals surface area contributed by atoms with Gasteiger partial charge in [0.05, 0.1) is 6.42 Å². The van der Waals surface area contributed by atoms with E-state index in [4.69, 9.17) is 0 Å². The standard InChI is InChI=1S/C18H20N2OS/c1-13-2-6-15(7-3-13)20-18(21)10-14-4-8-16(9-5-14)22-17-11-19-12-17/h2-9,17,19H,10-12H2,1H3,(H,20,21). The summed E-state index contributed by atoms with van der Waals surface area (Å²) in [5, 5.41) is 6.89. The van der Waals surface area contributed by atoms with Gasteiger partial charge < -0.3 is 10.6 Å². The van der Waals surface area contributed by atoms with Crippen LogP contribution in [0, 0.1) is 6.92 Å². The van der Waals surface area contributed by atoms with Crippen molar-refractivity contribution in [3.63, 3.8) is 0 Å². The van der Waals surface area contributed by atoms with Gasteiger partial charge in [-0.05, 0) is 36.8 Å². The van der Waals surface area contributed by atoms with E-state index in [9.17, 15) is 4.79 Å². The summed E-state index contributed by atoms with van der Waals surface area (Å²) in [4.78, 5) is 13.3. The van der Waals surface area contributed by atoms with Gasteiger partial charge in [-0.1, -0.05) is 29.8 Å². The lowest BCUT2D eigenvalue weighted by molar-refractivity contribution is -0.115. The van der Waals surface area contributed by atoms with Crippen molar-refractivity contribution in [2.24, 2.45) is 0 Å². The van der Waals surface area contributed by atoms with Gasteiger partial charge in [0.15, 0.2) is 0 Å². The molecule has 114 valence electrons. The second-order valence-corrected chi connectivity index (χ2v) is 7.01. The summed E-state index contributed by atoms with van der Waals surface area (Å²) in [5.74, 6) is 0.0208. The van der Waals surface area contributed by atoms with Gasteiger partial charge in [0.1, 0.15) is 0 Å². The zero-order valence-corrected chi connectivity index (χ0v) is 13.5. The molecule has 22 heavy (non-hydrogen) atoms. The fourth-order valence-corrected chi connectivity index (χ4v) is 3.33.